The number of benzene rings is 1. The fourth-order valence-corrected chi connectivity index (χ4v) is 6.13. The number of likely N-dealkylation sites (tertiary alicyclic amines) is 1. The van der Waals surface area contributed by atoms with E-state index in [-0.39, 0.29) is 17.6 Å². The summed E-state index contributed by atoms with van der Waals surface area (Å²) in [7, 11) is 0. The molecule has 2 fully saturated rings. The van der Waals surface area contributed by atoms with Gasteiger partial charge in [-0.25, -0.2) is 0 Å². The molecule has 2 heterocycles. The fourth-order valence-electron chi connectivity index (χ4n) is 4.54. The molecule has 7 nitrogen and oxygen atoms in total. The van der Waals surface area contributed by atoms with Crippen molar-refractivity contribution in [3.63, 3.8) is 0 Å². The maximum atomic E-state index is 12.9. The highest BCUT2D eigenvalue weighted by molar-refractivity contribution is 8.01. The molecule has 0 aliphatic carbocycles. The quantitative estimate of drug-likeness (QED) is 0.433. The zero-order valence-corrected chi connectivity index (χ0v) is 21.3. The van der Waals surface area contributed by atoms with Crippen LogP contribution >= 0.6 is 11.8 Å². The third-order valence-electron chi connectivity index (χ3n) is 6.55. The molecule has 2 aliphatic rings. The topological polar surface area (TPSA) is 88.5 Å². The Labute approximate surface area is 214 Å². The monoisotopic (exact) mass is 525 g/mol. The van der Waals surface area contributed by atoms with E-state index in [0.717, 1.165) is 18.7 Å². The van der Waals surface area contributed by atoms with Gasteiger partial charge in [-0.2, -0.15) is 18.4 Å². The van der Waals surface area contributed by atoms with Crippen LogP contribution in [0.2, 0.25) is 0 Å². The Morgan fingerprint density at radius 1 is 1.25 bits per heavy atom. The lowest BCUT2D eigenvalue weighted by molar-refractivity contribution is -0.140. The molecule has 2 aliphatic heterocycles. The number of nitrogens with zero attached hydrogens (tertiary/aromatic N) is 3. The lowest BCUT2D eigenvalue weighted by atomic mass is 10.1. The normalized spacial score (nSPS) is 21.4. The number of halogens is 3. The van der Waals surface area contributed by atoms with Gasteiger partial charge in [0.1, 0.15) is 12.5 Å². The van der Waals surface area contributed by atoms with Crippen LogP contribution in [0.4, 0.5) is 18.9 Å². The first-order valence-electron chi connectivity index (χ1n) is 12.5. The Balaban J connectivity index is 1.45. The van der Waals surface area contributed by atoms with Crippen molar-refractivity contribution in [2.24, 2.45) is 5.92 Å². The summed E-state index contributed by atoms with van der Waals surface area (Å²) < 4.78 is 37.2. The lowest BCUT2D eigenvalue weighted by Crippen LogP contribution is -2.40. The molecule has 36 heavy (non-hydrogen) atoms. The van der Waals surface area contributed by atoms with Crippen LogP contribution in [0.1, 0.15) is 38.2 Å². The van der Waals surface area contributed by atoms with Crippen LogP contribution in [0.3, 0.4) is 0 Å². The standard InChI is InChI=1S/C25H34F3N5O2S/c1-2-33-22(15-19(16-29)23(34)31-17-25(26,27)28)36-21(24(33)35)9-11-30-20-7-5-18(6-8-20)10-14-32-12-3-4-13-32/h5-8,19,21-22,30H,2-4,9-15,17H2,1H3,(H,31,34). The van der Waals surface area contributed by atoms with E-state index in [9.17, 15) is 28.0 Å². The Bertz CT molecular complexity index is 916. The van der Waals surface area contributed by atoms with Gasteiger partial charge in [0.05, 0.1) is 16.7 Å². The fraction of sp³-hybridized carbons (Fsp3) is 0.640. The van der Waals surface area contributed by atoms with Crippen molar-refractivity contribution >= 4 is 29.3 Å². The summed E-state index contributed by atoms with van der Waals surface area (Å²) in [6.45, 7) is 4.77. The van der Waals surface area contributed by atoms with Crippen molar-refractivity contribution in [3.05, 3.63) is 29.8 Å². The number of anilines is 1. The largest absolute Gasteiger partial charge is 0.405 e. The molecule has 3 rings (SSSR count). The van der Waals surface area contributed by atoms with Crippen LogP contribution in [0.5, 0.6) is 0 Å². The Kier molecular flexibility index (Phi) is 10.3. The van der Waals surface area contributed by atoms with Gasteiger partial charge in [0.2, 0.25) is 11.8 Å². The number of alkyl halides is 3. The molecule has 2 N–H and O–H groups in total. The van der Waals surface area contributed by atoms with Gasteiger partial charge in [0, 0.05) is 31.7 Å². The van der Waals surface area contributed by atoms with Crippen LogP contribution in [0.15, 0.2) is 24.3 Å². The molecule has 11 heteroatoms. The highest BCUT2D eigenvalue weighted by Crippen LogP contribution is 2.37. The number of carbonyl (C=O) groups excluding carboxylic acids is 2. The molecule has 2 saturated heterocycles. The van der Waals surface area contributed by atoms with E-state index in [2.05, 4.69) is 22.3 Å². The molecule has 2 amide bonds. The summed E-state index contributed by atoms with van der Waals surface area (Å²) in [5.41, 5.74) is 2.27. The summed E-state index contributed by atoms with van der Waals surface area (Å²) in [4.78, 5) is 29.0. The van der Waals surface area contributed by atoms with Gasteiger partial charge in [-0.1, -0.05) is 12.1 Å². The number of amides is 2. The zero-order valence-electron chi connectivity index (χ0n) is 20.5. The number of nitrogens with one attached hydrogen (secondary N) is 2. The maximum Gasteiger partial charge on any atom is 0.405 e. The maximum absolute atomic E-state index is 12.9. The van der Waals surface area contributed by atoms with E-state index in [1.807, 2.05) is 19.1 Å². The van der Waals surface area contributed by atoms with Crippen LogP contribution in [0.25, 0.3) is 0 Å². The van der Waals surface area contributed by atoms with E-state index < -0.39 is 29.9 Å². The van der Waals surface area contributed by atoms with Crippen molar-refractivity contribution < 1.29 is 22.8 Å². The summed E-state index contributed by atoms with van der Waals surface area (Å²) >= 11 is 1.37. The molecule has 1 aromatic rings. The minimum atomic E-state index is -4.55. The number of hydrogen-bond acceptors (Lipinski definition) is 6. The van der Waals surface area contributed by atoms with Gasteiger partial charge in [-0.15, -0.1) is 11.8 Å². The molecule has 0 aromatic heterocycles. The van der Waals surface area contributed by atoms with Crippen LogP contribution in [0, 0.1) is 17.2 Å². The molecule has 3 atom stereocenters. The molecule has 3 unspecified atom stereocenters. The Morgan fingerprint density at radius 2 is 1.94 bits per heavy atom. The number of thioether (sulfide) groups is 1. The minimum absolute atomic E-state index is 0.00669. The van der Waals surface area contributed by atoms with Crippen molar-refractivity contribution in [2.45, 2.75) is 55.8 Å². The van der Waals surface area contributed by atoms with E-state index in [4.69, 9.17) is 0 Å². The third kappa shape index (κ3) is 8.30. The van der Waals surface area contributed by atoms with E-state index in [1.54, 1.807) is 16.3 Å². The third-order valence-corrected chi connectivity index (χ3v) is 8.07. The molecule has 198 valence electrons. The first-order chi connectivity index (χ1) is 17.2. The minimum Gasteiger partial charge on any atom is -0.385 e. The van der Waals surface area contributed by atoms with Crippen molar-refractivity contribution in [1.29, 1.82) is 5.26 Å². The number of nitriles is 1. The number of rotatable bonds is 12. The van der Waals surface area contributed by atoms with Crippen molar-refractivity contribution in [2.75, 3.05) is 44.6 Å². The van der Waals surface area contributed by atoms with Gasteiger partial charge in [0.15, 0.2) is 0 Å². The molecule has 1 aromatic carbocycles. The van der Waals surface area contributed by atoms with Crippen LogP contribution in [-0.4, -0.2) is 77.7 Å². The lowest BCUT2D eigenvalue weighted by Gasteiger charge is -2.23. The molecular formula is C25H34F3N5O2S. The molecule has 0 bridgehead atoms. The van der Waals surface area contributed by atoms with Crippen LogP contribution < -0.4 is 10.6 Å². The summed E-state index contributed by atoms with van der Waals surface area (Å²) in [6.07, 6.45) is -0.387. The first kappa shape index (κ1) is 28.1. The van der Waals surface area contributed by atoms with E-state index >= 15 is 0 Å². The van der Waals surface area contributed by atoms with Crippen LogP contribution in [-0.2, 0) is 16.0 Å². The predicted molar refractivity (Wildman–Crippen MR) is 134 cm³/mol. The van der Waals surface area contributed by atoms with Gasteiger partial charge in [-0.05, 0) is 63.4 Å². The van der Waals surface area contributed by atoms with Gasteiger partial charge in [-0.3, -0.25) is 9.59 Å². The van der Waals surface area contributed by atoms with E-state index in [1.165, 1.54) is 43.3 Å². The highest BCUT2D eigenvalue weighted by atomic mass is 32.2. The van der Waals surface area contributed by atoms with Gasteiger partial charge < -0.3 is 20.4 Å². The Morgan fingerprint density at radius 3 is 2.56 bits per heavy atom. The van der Waals surface area contributed by atoms with Gasteiger partial charge >= 0.3 is 6.18 Å². The molecule has 0 radical (unpaired) electrons. The first-order valence-corrected chi connectivity index (χ1v) is 13.4. The second-order valence-electron chi connectivity index (χ2n) is 9.17. The smallest absolute Gasteiger partial charge is 0.385 e. The second-order valence-corrected chi connectivity index (χ2v) is 10.6. The second kappa shape index (κ2) is 13.2. The average Bonchev–Trinajstić information content (AvgIpc) is 3.47. The Hall–Kier alpha value is -2.45. The highest BCUT2D eigenvalue weighted by Gasteiger charge is 2.41. The van der Waals surface area contributed by atoms with Crippen molar-refractivity contribution in [3.8, 4) is 6.07 Å². The zero-order chi connectivity index (χ0) is 26.1. The molecule has 0 saturated carbocycles. The average molecular weight is 526 g/mol. The van der Waals surface area contributed by atoms with Crippen molar-refractivity contribution in [1.82, 2.24) is 15.1 Å². The van der Waals surface area contributed by atoms with Gasteiger partial charge in [0.25, 0.3) is 0 Å². The predicted octanol–water partition coefficient (Wildman–Crippen LogP) is 3.63. The summed E-state index contributed by atoms with van der Waals surface area (Å²) in [5.74, 6) is -2.29. The van der Waals surface area contributed by atoms with E-state index in [0.29, 0.717) is 19.5 Å². The number of hydrogen-bond donors (Lipinski definition) is 2. The summed E-state index contributed by atoms with van der Waals surface area (Å²) in [5, 5.41) is 13.7. The summed E-state index contributed by atoms with van der Waals surface area (Å²) in [6, 6.07) is 10.1. The molecule has 0 spiro atoms. The SMILES string of the molecule is CCN1C(=O)C(CCNc2ccc(CCN3CCCC3)cc2)SC1CC(C#N)C(=O)NCC(F)(F)F. The number of carbonyl (C=O) groups is 2. The molecular weight excluding hydrogens is 491 g/mol.